The first-order valence-electron chi connectivity index (χ1n) is 4.71. The summed E-state index contributed by atoms with van der Waals surface area (Å²) in [5, 5.41) is 0. The molecule has 1 aliphatic heterocycles. The topological polar surface area (TPSA) is 72.6 Å². The van der Waals surface area contributed by atoms with Gasteiger partial charge in [0.05, 0.1) is 12.2 Å². The summed E-state index contributed by atoms with van der Waals surface area (Å²) in [4.78, 5) is 23.5. The predicted molar refractivity (Wildman–Crippen MR) is 65.9 cm³/mol. The maximum atomic E-state index is 13.3. The van der Waals surface area contributed by atoms with Gasteiger partial charge in [-0.1, -0.05) is 0 Å². The quantitative estimate of drug-likeness (QED) is 0.816. The summed E-state index contributed by atoms with van der Waals surface area (Å²) < 4.78 is 18.5. The number of nitrogens with two attached hydrogens (primary N) is 1. The minimum Gasteiger partial charge on any atom is -0.434 e. The fraction of sp³-hybridized carbons (Fsp3) is 0.200. The van der Waals surface area contributed by atoms with E-state index < -0.39 is 23.9 Å². The number of ether oxygens (including phenoxy) is 1. The second kappa shape index (κ2) is 4.47. The molecule has 2 N–H and O–H groups in total. The Morgan fingerprint density at radius 3 is 2.82 bits per heavy atom. The summed E-state index contributed by atoms with van der Waals surface area (Å²) in [5.41, 5.74) is 5.38. The van der Waals surface area contributed by atoms with Crippen LogP contribution in [0, 0.1) is 9.39 Å². The Bertz CT molecular complexity index is 494. The lowest BCUT2D eigenvalue weighted by atomic mass is 10.2. The van der Waals surface area contributed by atoms with E-state index in [2.05, 4.69) is 0 Å². The molecule has 0 radical (unpaired) electrons. The Kier molecular flexibility index (Phi) is 3.18. The molecule has 0 aromatic heterocycles. The highest BCUT2D eigenvalue weighted by atomic mass is 127. The van der Waals surface area contributed by atoms with Crippen LogP contribution in [0.5, 0.6) is 0 Å². The second-order valence-electron chi connectivity index (χ2n) is 3.48. The van der Waals surface area contributed by atoms with Crippen LogP contribution in [0.1, 0.15) is 0 Å². The predicted octanol–water partition coefficient (Wildman–Crippen LogP) is 1.24. The third-order valence-corrected chi connectivity index (χ3v) is 3.22. The summed E-state index contributed by atoms with van der Waals surface area (Å²) in [6.07, 6.45) is -1.68. The number of halogens is 2. The summed E-state index contributed by atoms with van der Waals surface area (Å²) in [7, 11) is 0. The van der Waals surface area contributed by atoms with Gasteiger partial charge in [0, 0.05) is 3.57 Å². The lowest BCUT2D eigenvalue weighted by Gasteiger charge is -2.12. The molecule has 2 rings (SSSR count). The van der Waals surface area contributed by atoms with Crippen molar-refractivity contribution in [1.29, 1.82) is 0 Å². The molecule has 0 spiro atoms. The number of primary amides is 1. The minimum absolute atomic E-state index is 0.00813. The molecule has 2 amide bonds. The zero-order valence-electron chi connectivity index (χ0n) is 8.52. The summed E-state index contributed by atoms with van der Waals surface area (Å²) in [6.45, 7) is 0.00813. The third kappa shape index (κ3) is 2.33. The molecule has 0 aliphatic carbocycles. The monoisotopic (exact) mass is 350 g/mol. The molecular weight excluding hydrogens is 342 g/mol. The Balaban J connectivity index is 2.26. The van der Waals surface area contributed by atoms with E-state index in [1.54, 1.807) is 6.07 Å². The van der Waals surface area contributed by atoms with Crippen LogP contribution in [0.2, 0.25) is 0 Å². The van der Waals surface area contributed by atoms with Gasteiger partial charge in [-0.05, 0) is 40.8 Å². The van der Waals surface area contributed by atoms with Crippen molar-refractivity contribution in [2.24, 2.45) is 5.73 Å². The van der Waals surface area contributed by atoms with Gasteiger partial charge < -0.3 is 10.5 Å². The summed E-state index contributed by atoms with van der Waals surface area (Å²) >= 11 is 1.84. The first kappa shape index (κ1) is 12.1. The second-order valence-corrected chi connectivity index (χ2v) is 4.65. The van der Waals surface area contributed by atoms with Crippen molar-refractivity contribution >= 4 is 40.3 Å². The van der Waals surface area contributed by atoms with Gasteiger partial charge in [-0.15, -0.1) is 0 Å². The van der Waals surface area contributed by atoms with Crippen LogP contribution >= 0.6 is 22.6 Å². The number of hydrogen-bond donors (Lipinski definition) is 1. The lowest BCUT2D eigenvalue weighted by Crippen LogP contribution is -2.32. The Hall–Kier alpha value is -1.38. The van der Waals surface area contributed by atoms with Gasteiger partial charge in [0.15, 0.2) is 6.10 Å². The highest BCUT2D eigenvalue weighted by Crippen LogP contribution is 2.24. The fourth-order valence-corrected chi connectivity index (χ4v) is 1.81. The maximum absolute atomic E-state index is 13.3. The molecule has 1 aliphatic rings. The van der Waals surface area contributed by atoms with Gasteiger partial charge in [-0.2, -0.15) is 0 Å². The number of rotatable bonds is 2. The molecule has 1 heterocycles. The Labute approximate surface area is 110 Å². The van der Waals surface area contributed by atoms with Crippen LogP contribution in [-0.4, -0.2) is 24.6 Å². The van der Waals surface area contributed by atoms with E-state index in [-0.39, 0.29) is 6.54 Å². The van der Waals surface area contributed by atoms with E-state index in [0.717, 1.165) is 0 Å². The van der Waals surface area contributed by atoms with Gasteiger partial charge in [-0.25, -0.2) is 9.18 Å². The highest BCUT2D eigenvalue weighted by Gasteiger charge is 2.35. The largest absolute Gasteiger partial charge is 0.434 e. The molecule has 1 saturated heterocycles. The summed E-state index contributed by atoms with van der Waals surface area (Å²) in [5.74, 6) is -1.15. The molecule has 1 aromatic carbocycles. The number of nitrogens with zero attached hydrogens (tertiary/aromatic N) is 1. The van der Waals surface area contributed by atoms with Crippen LogP contribution in [0.3, 0.4) is 0 Å². The van der Waals surface area contributed by atoms with Crippen LogP contribution in [0.15, 0.2) is 18.2 Å². The van der Waals surface area contributed by atoms with Crippen molar-refractivity contribution < 1.29 is 18.7 Å². The average molecular weight is 350 g/mol. The van der Waals surface area contributed by atoms with Crippen LogP contribution in [-0.2, 0) is 9.53 Å². The Morgan fingerprint density at radius 1 is 1.59 bits per heavy atom. The maximum Gasteiger partial charge on any atom is 0.415 e. The number of amides is 2. The smallest absolute Gasteiger partial charge is 0.415 e. The van der Waals surface area contributed by atoms with Gasteiger partial charge in [0.25, 0.3) is 5.91 Å². The molecule has 1 fully saturated rings. The van der Waals surface area contributed by atoms with Crippen molar-refractivity contribution in [2.45, 2.75) is 6.10 Å². The third-order valence-electron chi connectivity index (χ3n) is 2.34. The van der Waals surface area contributed by atoms with E-state index in [0.29, 0.717) is 9.26 Å². The summed E-state index contributed by atoms with van der Waals surface area (Å²) in [6, 6.07) is 4.33. The number of cyclic esters (lactones) is 1. The average Bonchev–Trinajstić information content (AvgIpc) is 2.65. The van der Waals surface area contributed by atoms with Gasteiger partial charge in [0.2, 0.25) is 0 Å². The van der Waals surface area contributed by atoms with Crippen molar-refractivity contribution in [3.8, 4) is 0 Å². The normalized spacial score (nSPS) is 19.3. The number of anilines is 1. The first-order valence-corrected chi connectivity index (χ1v) is 5.79. The molecular formula is C10H8FIN2O3. The van der Waals surface area contributed by atoms with Crippen LogP contribution < -0.4 is 10.6 Å². The van der Waals surface area contributed by atoms with E-state index in [1.165, 1.54) is 17.0 Å². The van der Waals surface area contributed by atoms with Crippen molar-refractivity contribution in [1.82, 2.24) is 0 Å². The number of hydrogen-bond acceptors (Lipinski definition) is 3. The number of carbonyl (C=O) groups excluding carboxylic acids is 2. The molecule has 0 bridgehead atoms. The van der Waals surface area contributed by atoms with Crippen LogP contribution in [0.25, 0.3) is 0 Å². The molecule has 5 nitrogen and oxygen atoms in total. The number of benzene rings is 1. The molecule has 1 unspecified atom stereocenters. The van der Waals surface area contributed by atoms with E-state index in [4.69, 9.17) is 10.5 Å². The number of carbonyl (C=O) groups is 2. The van der Waals surface area contributed by atoms with Crippen molar-refractivity contribution in [3.63, 3.8) is 0 Å². The van der Waals surface area contributed by atoms with Gasteiger partial charge >= 0.3 is 6.09 Å². The molecule has 0 saturated carbocycles. The van der Waals surface area contributed by atoms with E-state index in [9.17, 15) is 14.0 Å². The molecule has 17 heavy (non-hydrogen) atoms. The zero-order valence-corrected chi connectivity index (χ0v) is 10.7. The molecule has 1 atom stereocenters. The van der Waals surface area contributed by atoms with E-state index in [1.807, 2.05) is 22.6 Å². The molecule has 7 heteroatoms. The van der Waals surface area contributed by atoms with Gasteiger partial charge in [0.1, 0.15) is 5.82 Å². The minimum atomic E-state index is -0.982. The molecule has 90 valence electrons. The first-order chi connectivity index (χ1) is 7.99. The highest BCUT2D eigenvalue weighted by molar-refractivity contribution is 14.1. The van der Waals surface area contributed by atoms with E-state index >= 15 is 0 Å². The fourth-order valence-electron chi connectivity index (χ4n) is 1.47. The van der Waals surface area contributed by atoms with Gasteiger partial charge in [-0.3, -0.25) is 9.69 Å². The Morgan fingerprint density at radius 2 is 2.29 bits per heavy atom. The standard InChI is InChI=1S/C10H8FIN2O3/c11-6-3-5(1-2-7(6)12)14-4-8(9(13)15)17-10(14)16/h1-3,8H,4H2,(H2,13,15). The SMILES string of the molecule is NC(=O)C1CN(c2ccc(I)c(F)c2)C(=O)O1. The lowest BCUT2D eigenvalue weighted by molar-refractivity contribution is -0.124. The van der Waals surface area contributed by atoms with Crippen molar-refractivity contribution in [3.05, 3.63) is 27.6 Å². The van der Waals surface area contributed by atoms with Crippen molar-refractivity contribution in [2.75, 3.05) is 11.4 Å². The van der Waals surface area contributed by atoms with Crippen LogP contribution in [0.4, 0.5) is 14.9 Å². The zero-order chi connectivity index (χ0) is 12.6. The molecule has 1 aromatic rings.